The smallest absolute Gasteiger partial charge is 0.392 e. The van der Waals surface area contributed by atoms with Gasteiger partial charge in [-0.3, -0.25) is 9.78 Å². The van der Waals surface area contributed by atoms with E-state index in [9.17, 15) is 23.1 Å². The van der Waals surface area contributed by atoms with Gasteiger partial charge in [0.2, 0.25) is 5.91 Å². The number of aromatic nitrogens is 1. The van der Waals surface area contributed by atoms with Crippen LogP contribution in [0.2, 0.25) is 0 Å². The third kappa shape index (κ3) is 3.32. The lowest BCUT2D eigenvalue weighted by molar-refractivity contribution is -0.150. The van der Waals surface area contributed by atoms with Crippen LogP contribution in [0.1, 0.15) is 49.4 Å². The lowest BCUT2D eigenvalue weighted by Crippen LogP contribution is -2.51. The van der Waals surface area contributed by atoms with Gasteiger partial charge in [0.15, 0.2) is 0 Å². The molecule has 3 rings (SSSR count). The maximum Gasteiger partial charge on any atom is 0.417 e. The number of hydrogen-bond donors (Lipinski definition) is 2. The molecule has 1 fully saturated rings. The van der Waals surface area contributed by atoms with Crippen LogP contribution in [0, 0.1) is 5.41 Å². The molecule has 1 aliphatic carbocycles. The highest BCUT2D eigenvalue weighted by Crippen LogP contribution is 2.44. The number of pyridine rings is 1. The number of rotatable bonds is 3. The summed E-state index contributed by atoms with van der Waals surface area (Å²) in [7, 11) is 0. The van der Waals surface area contributed by atoms with E-state index in [4.69, 9.17) is 5.73 Å². The minimum atomic E-state index is -4.47. The molecule has 26 heavy (non-hydrogen) atoms. The van der Waals surface area contributed by atoms with Crippen molar-refractivity contribution < 1.29 is 23.1 Å². The van der Waals surface area contributed by atoms with Crippen LogP contribution in [0.5, 0.6) is 0 Å². The van der Waals surface area contributed by atoms with Crippen LogP contribution in [0.3, 0.4) is 0 Å². The molecule has 2 unspecified atom stereocenters. The summed E-state index contributed by atoms with van der Waals surface area (Å²) in [5, 5.41) is 10.5. The van der Waals surface area contributed by atoms with Crippen molar-refractivity contribution >= 4 is 5.91 Å². The monoisotopic (exact) mass is 371 g/mol. The Kier molecular flexibility index (Phi) is 5.00. The summed E-state index contributed by atoms with van der Waals surface area (Å²) in [5.74, 6) is -0.206. The molecule has 1 amide bonds. The summed E-state index contributed by atoms with van der Waals surface area (Å²) >= 11 is 0. The van der Waals surface area contributed by atoms with Crippen LogP contribution in [0.25, 0.3) is 0 Å². The second kappa shape index (κ2) is 6.81. The number of amides is 1. The quantitative estimate of drug-likeness (QED) is 0.854. The Hall–Kier alpha value is -1.67. The van der Waals surface area contributed by atoms with E-state index in [1.807, 2.05) is 6.92 Å². The molecule has 0 spiro atoms. The van der Waals surface area contributed by atoms with Crippen LogP contribution < -0.4 is 5.73 Å². The number of carbonyl (C=O) groups excluding carboxylic acids is 1. The number of carbonyl (C=O) groups is 1. The standard InChI is InChI=1S/C18H24F3N3O2/c1-2-15(25)17(5-3-13(22)8-17)16(26)24-6-4-14-11(10-24)7-12(9-23-14)18(19,20)21/h7,9,13,15,25H,2-6,8,10,22H2,1H3/t13-,15?,17?/m1/s1. The fourth-order valence-electron chi connectivity index (χ4n) is 4.21. The van der Waals surface area contributed by atoms with E-state index in [1.165, 1.54) is 0 Å². The minimum Gasteiger partial charge on any atom is -0.392 e. The number of nitrogens with zero attached hydrogens (tertiary/aromatic N) is 2. The van der Waals surface area contributed by atoms with E-state index < -0.39 is 23.3 Å². The Morgan fingerprint density at radius 3 is 2.85 bits per heavy atom. The van der Waals surface area contributed by atoms with Crippen LogP contribution in [-0.4, -0.2) is 39.6 Å². The first-order chi connectivity index (χ1) is 12.2. The molecule has 2 aliphatic rings. The third-order valence-corrected chi connectivity index (χ3v) is 5.69. The van der Waals surface area contributed by atoms with Crippen molar-refractivity contribution in [3.63, 3.8) is 0 Å². The second-order valence-electron chi connectivity index (χ2n) is 7.39. The number of halogens is 3. The number of aliphatic hydroxyl groups excluding tert-OH is 1. The van der Waals surface area contributed by atoms with Crippen molar-refractivity contribution in [1.29, 1.82) is 0 Å². The van der Waals surface area contributed by atoms with Gasteiger partial charge in [0.25, 0.3) is 0 Å². The fourth-order valence-corrected chi connectivity index (χ4v) is 4.21. The Bertz CT molecular complexity index is 695. The van der Waals surface area contributed by atoms with Crippen molar-refractivity contribution in [2.75, 3.05) is 6.54 Å². The predicted octanol–water partition coefficient (Wildman–Crippen LogP) is 2.25. The van der Waals surface area contributed by atoms with Crippen LogP contribution in [0.4, 0.5) is 13.2 Å². The molecule has 1 aliphatic heterocycles. The molecule has 3 N–H and O–H groups in total. The number of fused-ring (bicyclic) bond motifs is 1. The van der Waals surface area contributed by atoms with Crippen LogP contribution in [-0.2, 0) is 23.9 Å². The molecular formula is C18H24F3N3O2. The molecule has 0 aromatic carbocycles. The molecule has 0 bridgehead atoms. The Labute approximate surface area is 150 Å². The minimum absolute atomic E-state index is 0.0819. The normalized spacial score (nSPS) is 27.3. The van der Waals surface area contributed by atoms with Crippen LogP contribution in [0.15, 0.2) is 12.3 Å². The summed E-state index contributed by atoms with van der Waals surface area (Å²) < 4.78 is 38.8. The number of hydrogen-bond acceptors (Lipinski definition) is 4. The first-order valence-corrected chi connectivity index (χ1v) is 8.95. The molecule has 1 aromatic heterocycles. The van der Waals surface area contributed by atoms with Crippen LogP contribution >= 0.6 is 0 Å². The SMILES string of the molecule is CCC(O)C1(C(=O)N2CCc3ncc(C(F)(F)F)cc3C2)CC[C@@H](N)C1. The summed E-state index contributed by atoms with van der Waals surface area (Å²) in [6.45, 7) is 2.28. The van der Waals surface area contributed by atoms with Gasteiger partial charge < -0.3 is 15.7 Å². The Morgan fingerprint density at radius 2 is 2.27 bits per heavy atom. The molecule has 0 radical (unpaired) electrons. The van der Waals surface area contributed by atoms with Gasteiger partial charge in [0.1, 0.15) is 0 Å². The van der Waals surface area contributed by atoms with Gasteiger partial charge in [-0.05, 0) is 37.3 Å². The van der Waals surface area contributed by atoms with Crippen molar-refractivity contribution in [1.82, 2.24) is 9.88 Å². The zero-order chi connectivity index (χ0) is 19.1. The molecular weight excluding hydrogens is 347 g/mol. The zero-order valence-corrected chi connectivity index (χ0v) is 14.7. The van der Waals surface area contributed by atoms with E-state index in [0.29, 0.717) is 49.9 Å². The molecule has 144 valence electrons. The van der Waals surface area contributed by atoms with Crippen molar-refractivity contribution in [2.45, 2.75) is 63.9 Å². The molecule has 1 saturated carbocycles. The van der Waals surface area contributed by atoms with Gasteiger partial charge in [-0.2, -0.15) is 13.2 Å². The molecule has 5 nitrogen and oxygen atoms in total. The topological polar surface area (TPSA) is 79.5 Å². The van der Waals surface area contributed by atoms with Crippen molar-refractivity contribution in [3.05, 3.63) is 29.1 Å². The molecule has 8 heteroatoms. The first kappa shape index (κ1) is 19.1. The predicted molar refractivity (Wildman–Crippen MR) is 88.9 cm³/mol. The maximum atomic E-state index is 13.2. The van der Waals surface area contributed by atoms with Gasteiger partial charge >= 0.3 is 6.18 Å². The van der Waals surface area contributed by atoms with E-state index in [0.717, 1.165) is 12.3 Å². The summed E-state index contributed by atoms with van der Waals surface area (Å²) in [6.07, 6.45) is -2.01. The third-order valence-electron chi connectivity index (χ3n) is 5.69. The van der Waals surface area contributed by atoms with E-state index in [1.54, 1.807) is 4.90 Å². The molecule has 1 aromatic rings. The summed E-state index contributed by atoms with van der Waals surface area (Å²) in [4.78, 5) is 18.7. The first-order valence-electron chi connectivity index (χ1n) is 8.95. The number of nitrogens with two attached hydrogens (primary N) is 1. The average molecular weight is 371 g/mol. The lowest BCUT2D eigenvalue weighted by atomic mass is 9.77. The zero-order valence-electron chi connectivity index (χ0n) is 14.7. The molecule has 0 saturated heterocycles. The summed E-state index contributed by atoms with van der Waals surface area (Å²) in [6, 6.07) is 0.932. The second-order valence-corrected chi connectivity index (χ2v) is 7.39. The Balaban J connectivity index is 1.86. The van der Waals surface area contributed by atoms with Gasteiger partial charge in [-0.15, -0.1) is 0 Å². The van der Waals surface area contributed by atoms with E-state index >= 15 is 0 Å². The van der Waals surface area contributed by atoms with Gasteiger partial charge in [0.05, 0.1) is 17.1 Å². The number of aliphatic hydroxyl groups is 1. The maximum absolute atomic E-state index is 13.2. The Morgan fingerprint density at radius 1 is 1.54 bits per heavy atom. The largest absolute Gasteiger partial charge is 0.417 e. The summed E-state index contributed by atoms with van der Waals surface area (Å²) in [5.41, 5.74) is 5.27. The number of alkyl halides is 3. The highest BCUT2D eigenvalue weighted by Gasteiger charge is 2.51. The average Bonchev–Trinajstić information content (AvgIpc) is 3.01. The highest BCUT2D eigenvalue weighted by atomic mass is 19.4. The van der Waals surface area contributed by atoms with Crippen molar-refractivity contribution in [3.8, 4) is 0 Å². The molecule has 2 heterocycles. The molecule has 3 atom stereocenters. The van der Waals surface area contributed by atoms with Gasteiger partial charge in [-0.25, -0.2) is 0 Å². The fraction of sp³-hybridized carbons (Fsp3) is 0.667. The highest BCUT2D eigenvalue weighted by molar-refractivity contribution is 5.84. The van der Waals surface area contributed by atoms with Gasteiger partial charge in [-0.1, -0.05) is 6.92 Å². The lowest BCUT2D eigenvalue weighted by Gasteiger charge is -2.39. The van der Waals surface area contributed by atoms with E-state index in [-0.39, 0.29) is 18.5 Å². The van der Waals surface area contributed by atoms with Gasteiger partial charge in [0, 0.05) is 37.4 Å². The van der Waals surface area contributed by atoms with Crippen molar-refractivity contribution in [2.24, 2.45) is 11.1 Å². The van der Waals surface area contributed by atoms with E-state index in [2.05, 4.69) is 4.98 Å².